The standard InChI is InChI=1S/C28H30Cl2N2O3/c1-20-10-13-23(14-11-20)35-16-6-9-27(33)32(19-22-12-15-24(29)25(30)17-22)26(28(34)31-2)18-21-7-4-3-5-8-21/h3-5,7-8,10-15,17,26H,6,9,16,18-19H2,1-2H3,(H,31,34)/t26-/m0/s1. The summed E-state index contributed by atoms with van der Waals surface area (Å²) >= 11 is 12.3. The molecule has 5 nitrogen and oxygen atoms in total. The van der Waals surface area contributed by atoms with E-state index >= 15 is 0 Å². The van der Waals surface area contributed by atoms with Crippen molar-refractivity contribution in [3.05, 3.63) is 99.5 Å². The summed E-state index contributed by atoms with van der Waals surface area (Å²) in [5, 5.41) is 3.56. The summed E-state index contributed by atoms with van der Waals surface area (Å²) in [5.74, 6) is 0.411. The highest BCUT2D eigenvalue weighted by Crippen LogP contribution is 2.24. The molecule has 0 radical (unpaired) electrons. The fourth-order valence-corrected chi connectivity index (χ4v) is 4.07. The van der Waals surface area contributed by atoms with Crippen molar-refractivity contribution in [2.45, 2.75) is 38.8 Å². The van der Waals surface area contributed by atoms with E-state index in [1.54, 1.807) is 24.1 Å². The van der Waals surface area contributed by atoms with Crippen molar-refractivity contribution in [2.24, 2.45) is 0 Å². The quantitative estimate of drug-likeness (QED) is 0.328. The first-order valence-electron chi connectivity index (χ1n) is 11.6. The Balaban J connectivity index is 1.76. The van der Waals surface area contributed by atoms with Gasteiger partial charge in [-0.05, 0) is 48.7 Å². The molecule has 2 amide bonds. The third kappa shape index (κ3) is 8.01. The lowest BCUT2D eigenvalue weighted by Gasteiger charge is -2.31. The van der Waals surface area contributed by atoms with Crippen molar-refractivity contribution in [2.75, 3.05) is 13.7 Å². The van der Waals surface area contributed by atoms with E-state index in [0.29, 0.717) is 29.5 Å². The lowest BCUT2D eigenvalue weighted by molar-refractivity contribution is -0.141. The molecule has 0 saturated carbocycles. The van der Waals surface area contributed by atoms with Gasteiger partial charge in [-0.15, -0.1) is 0 Å². The second-order valence-electron chi connectivity index (χ2n) is 8.35. The maximum Gasteiger partial charge on any atom is 0.242 e. The SMILES string of the molecule is CNC(=O)[C@H](Cc1ccccc1)N(Cc1ccc(Cl)c(Cl)c1)C(=O)CCCOc1ccc(C)cc1. The maximum absolute atomic E-state index is 13.4. The molecule has 35 heavy (non-hydrogen) atoms. The second kappa shape index (κ2) is 13.2. The molecule has 3 aromatic rings. The van der Waals surface area contributed by atoms with Gasteiger partial charge in [0.15, 0.2) is 0 Å². The number of ether oxygens (including phenoxy) is 1. The largest absolute Gasteiger partial charge is 0.494 e. The van der Waals surface area contributed by atoms with Gasteiger partial charge in [0, 0.05) is 26.4 Å². The number of benzene rings is 3. The van der Waals surface area contributed by atoms with E-state index in [9.17, 15) is 9.59 Å². The van der Waals surface area contributed by atoms with Gasteiger partial charge in [0.25, 0.3) is 0 Å². The molecular formula is C28H30Cl2N2O3. The summed E-state index contributed by atoms with van der Waals surface area (Å²) in [4.78, 5) is 28.0. The molecule has 0 aliphatic rings. The van der Waals surface area contributed by atoms with E-state index in [4.69, 9.17) is 27.9 Å². The first-order chi connectivity index (χ1) is 16.9. The molecule has 1 N–H and O–H groups in total. The van der Waals surface area contributed by atoms with E-state index in [2.05, 4.69) is 5.32 Å². The molecule has 0 aliphatic heterocycles. The summed E-state index contributed by atoms with van der Waals surface area (Å²) in [6.07, 6.45) is 1.17. The van der Waals surface area contributed by atoms with Gasteiger partial charge in [-0.3, -0.25) is 9.59 Å². The zero-order valence-electron chi connectivity index (χ0n) is 20.0. The highest BCUT2D eigenvalue weighted by molar-refractivity contribution is 6.42. The van der Waals surface area contributed by atoms with Gasteiger partial charge in [0.2, 0.25) is 11.8 Å². The Bertz CT molecular complexity index is 1120. The van der Waals surface area contributed by atoms with Gasteiger partial charge in [-0.25, -0.2) is 0 Å². The van der Waals surface area contributed by atoms with Crippen molar-refractivity contribution < 1.29 is 14.3 Å². The molecule has 184 valence electrons. The van der Waals surface area contributed by atoms with Crippen molar-refractivity contribution in [1.82, 2.24) is 10.2 Å². The number of carbonyl (C=O) groups excluding carboxylic acids is 2. The van der Waals surface area contributed by atoms with E-state index in [0.717, 1.165) is 22.4 Å². The lowest BCUT2D eigenvalue weighted by Crippen LogP contribution is -2.49. The van der Waals surface area contributed by atoms with Crippen LogP contribution in [0, 0.1) is 6.92 Å². The van der Waals surface area contributed by atoms with Gasteiger partial charge in [0.1, 0.15) is 11.8 Å². The van der Waals surface area contributed by atoms with E-state index < -0.39 is 6.04 Å². The number of carbonyl (C=O) groups is 2. The van der Waals surface area contributed by atoms with E-state index in [1.165, 1.54) is 0 Å². The van der Waals surface area contributed by atoms with Crippen molar-refractivity contribution in [3.8, 4) is 5.75 Å². The molecule has 0 aliphatic carbocycles. The van der Waals surface area contributed by atoms with Crippen LogP contribution in [0.2, 0.25) is 10.0 Å². The normalized spacial score (nSPS) is 11.5. The number of likely N-dealkylation sites (N-methyl/N-ethyl adjacent to an activating group) is 1. The predicted molar refractivity (Wildman–Crippen MR) is 141 cm³/mol. The van der Waals surface area contributed by atoms with Crippen molar-refractivity contribution >= 4 is 35.0 Å². The van der Waals surface area contributed by atoms with Crippen molar-refractivity contribution in [1.29, 1.82) is 0 Å². The fraction of sp³-hybridized carbons (Fsp3) is 0.286. The Kier molecular flexibility index (Phi) is 10.0. The third-order valence-electron chi connectivity index (χ3n) is 5.68. The number of nitrogens with zero attached hydrogens (tertiary/aromatic N) is 1. The third-order valence-corrected chi connectivity index (χ3v) is 6.42. The Morgan fingerprint density at radius 1 is 0.943 bits per heavy atom. The van der Waals surface area contributed by atoms with Crippen LogP contribution in [0.3, 0.4) is 0 Å². The number of aryl methyl sites for hydroxylation is 1. The van der Waals surface area contributed by atoms with Crippen LogP contribution >= 0.6 is 23.2 Å². The molecule has 3 aromatic carbocycles. The number of hydrogen-bond donors (Lipinski definition) is 1. The zero-order valence-corrected chi connectivity index (χ0v) is 21.5. The predicted octanol–water partition coefficient (Wildman–Crippen LogP) is 5.85. The van der Waals surface area contributed by atoms with Crippen molar-refractivity contribution in [3.63, 3.8) is 0 Å². The highest BCUT2D eigenvalue weighted by Gasteiger charge is 2.29. The van der Waals surface area contributed by atoms with Crippen LogP contribution in [0.15, 0.2) is 72.8 Å². The molecular weight excluding hydrogens is 483 g/mol. The topological polar surface area (TPSA) is 58.6 Å². The van der Waals surface area contributed by atoms with Crippen LogP contribution < -0.4 is 10.1 Å². The fourth-order valence-electron chi connectivity index (χ4n) is 3.75. The van der Waals surface area contributed by atoms with Gasteiger partial charge < -0.3 is 15.0 Å². The van der Waals surface area contributed by atoms with Crippen LogP contribution in [0.4, 0.5) is 0 Å². The number of hydrogen-bond acceptors (Lipinski definition) is 3. The molecule has 7 heteroatoms. The average molecular weight is 513 g/mol. The molecule has 1 atom stereocenters. The van der Waals surface area contributed by atoms with Crippen LogP contribution in [0.5, 0.6) is 5.75 Å². The molecule has 0 bridgehead atoms. The summed E-state index contributed by atoms with van der Waals surface area (Å²) in [6.45, 7) is 2.65. The minimum absolute atomic E-state index is 0.131. The minimum Gasteiger partial charge on any atom is -0.494 e. The Morgan fingerprint density at radius 2 is 1.66 bits per heavy atom. The Morgan fingerprint density at radius 3 is 2.31 bits per heavy atom. The monoisotopic (exact) mass is 512 g/mol. The molecule has 0 unspecified atom stereocenters. The first kappa shape index (κ1) is 26.6. The van der Waals surface area contributed by atoms with Crippen LogP contribution in [-0.2, 0) is 22.6 Å². The zero-order chi connectivity index (χ0) is 25.2. The molecule has 0 spiro atoms. The second-order valence-corrected chi connectivity index (χ2v) is 9.17. The van der Waals surface area contributed by atoms with Gasteiger partial charge in [-0.2, -0.15) is 0 Å². The minimum atomic E-state index is -0.678. The summed E-state index contributed by atoms with van der Waals surface area (Å²) in [6, 6.07) is 22.0. The molecule has 0 saturated heterocycles. The number of rotatable bonds is 11. The van der Waals surface area contributed by atoms with Crippen LogP contribution in [0.25, 0.3) is 0 Å². The lowest BCUT2D eigenvalue weighted by atomic mass is 10.0. The van der Waals surface area contributed by atoms with Gasteiger partial charge in [0.05, 0.1) is 16.7 Å². The van der Waals surface area contributed by atoms with Gasteiger partial charge >= 0.3 is 0 Å². The maximum atomic E-state index is 13.4. The number of nitrogens with one attached hydrogen (secondary N) is 1. The first-order valence-corrected chi connectivity index (χ1v) is 12.3. The molecule has 3 rings (SSSR count). The molecule has 0 heterocycles. The molecule has 0 fully saturated rings. The van der Waals surface area contributed by atoms with Crippen LogP contribution in [-0.4, -0.2) is 36.4 Å². The number of amides is 2. The highest BCUT2D eigenvalue weighted by atomic mass is 35.5. The van der Waals surface area contributed by atoms with Crippen LogP contribution in [0.1, 0.15) is 29.5 Å². The Labute approximate surface area is 217 Å². The van der Waals surface area contributed by atoms with E-state index in [-0.39, 0.29) is 24.8 Å². The molecule has 0 aromatic heterocycles. The van der Waals surface area contributed by atoms with E-state index in [1.807, 2.05) is 67.6 Å². The number of halogens is 2. The Hall–Kier alpha value is -3.02. The van der Waals surface area contributed by atoms with Gasteiger partial charge in [-0.1, -0.05) is 77.3 Å². The average Bonchev–Trinajstić information content (AvgIpc) is 2.87. The summed E-state index contributed by atoms with van der Waals surface area (Å²) in [5.41, 5.74) is 2.92. The smallest absolute Gasteiger partial charge is 0.242 e. The summed E-state index contributed by atoms with van der Waals surface area (Å²) < 4.78 is 5.78. The summed E-state index contributed by atoms with van der Waals surface area (Å²) in [7, 11) is 1.58.